The second-order valence-corrected chi connectivity index (χ2v) is 12.6. The molecular weight excluding hydrogens is 569 g/mol. The first-order chi connectivity index (χ1) is 23.1. The summed E-state index contributed by atoms with van der Waals surface area (Å²) in [7, 11) is 0. The largest absolute Gasteiger partial charge is 0.310 e. The van der Waals surface area contributed by atoms with Gasteiger partial charge in [-0.05, 0) is 82.9 Å². The molecule has 1 aromatic heterocycles. The van der Waals surface area contributed by atoms with Crippen molar-refractivity contribution in [3.05, 3.63) is 193 Å². The van der Waals surface area contributed by atoms with Crippen LogP contribution in [0.3, 0.4) is 0 Å². The lowest BCUT2D eigenvalue weighted by Gasteiger charge is -2.29. The van der Waals surface area contributed by atoms with Crippen molar-refractivity contribution in [2.45, 2.75) is 19.3 Å². The van der Waals surface area contributed by atoms with Gasteiger partial charge in [-0.2, -0.15) is 0 Å². The second-order valence-electron chi connectivity index (χ2n) is 12.6. The predicted octanol–water partition coefficient (Wildman–Crippen LogP) is 12.2. The van der Waals surface area contributed by atoms with Crippen LogP contribution in [0, 0.1) is 0 Å². The molecule has 0 aliphatic rings. The summed E-state index contributed by atoms with van der Waals surface area (Å²) in [6, 6.07) is 65.6. The topological polar surface area (TPSA) is 8.17 Å². The fourth-order valence-electron chi connectivity index (χ4n) is 7.03. The monoisotopic (exact) mass is 604 g/mol. The highest BCUT2D eigenvalue weighted by Crippen LogP contribution is 2.43. The molecule has 0 N–H and O–H groups in total. The van der Waals surface area contributed by atoms with Crippen molar-refractivity contribution < 1.29 is 0 Å². The Morgan fingerprint density at radius 3 is 1.57 bits per heavy atom. The minimum atomic E-state index is -0.206. The van der Waals surface area contributed by atoms with E-state index in [1.165, 1.54) is 49.7 Å². The number of para-hydroxylation sites is 3. The minimum absolute atomic E-state index is 0.206. The molecule has 8 aromatic rings. The molecule has 8 rings (SSSR count). The molecule has 2 nitrogen and oxygen atoms in total. The van der Waals surface area contributed by atoms with Gasteiger partial charge in [-0.3, -0.25) is 0 Å². The summed E-state index contributed by atoms with van der Waals surface area (Å²) in [4.78, 5) is 2.34. The summed E-state index contributed by atoms with van der Waals surface area (Å²) in [5.41, 5.74) is 11.8. The highest BCUT2D eigenvalue weighted by molar-refractivity contribution is 6.12. The first-order valence-corrected chi connectivity index (χ1v) is 16.3. The van der Waals surface area contributed by atoms with Crippen LogP contribution in [0.2, 0.25) is 0 Å². The van der Waals surface area contributed by atoms with Gasteiger partial charge in [0.2, 0.25) is 0 Å². The van der Waals surface area contributed by atoms with Gasteiger partial charge in [-0.1, -0.05) is 135 Å². The molecule has 7 aromatic carbocycles. The zero-order valence-electron chi connectivity index (χ0n) is 26.7. The molecule has 0 atom stereocenters. The molecule has 0 radical (unpaired) electrons. The fraction of sp³-hybridized carbons (Fsp3) is 0.0667. The average Bonchev–Trinajstić information content (AvgIpc) is 3.46. The lowest BCUT2D eigenvalue weighted by molar-refractivity contribution is 0.637. The third kappa shape index (κ3) is 5.09. The fourth-order valence-corrected chi connectivity index (χ4v) is 7.03. The summed E-state index contributed by atoms with van der Waals surface area (Å²) in [6.07, 6.45) is 0. The zero-order chi connectivity index (χ0) is 31.8. The standard InChI is InChI=1S/C45H36N2/c1-45(2,35-19-9-4-10-20-35)41-25-15-16-26-44(41)47-42-29-27-34(33-17-7-3-8-18-33)31-39(42)40-32-38(28-30-43(40)47)46(36-21-11-5-12-22-36)37-23-13-6-14-24-37/h3-32H,1-2H3. The molecule has 226 valence electrons. The van der Waals surface area contributed by atoms with Crippen LogP contribution in [0.4, 0.5) is 17.1 Å². The lowest BCUT2D eigenvalue weighted by atomic mass is 9.77. The summed E-state index contributed by atoms with van der Waals surface area (Å²) < 4.78 is 2.47. The Bertz CT molecular complexity index is 2260. The SMILES string of the molecule is CC(C)(c1ccccc1)c1ccccc1-n1c2ccc(-c3ccccc3)cc2c2cc(N(c3ccccc3)c3ccccc3)ccc21. The van der Waals surface area contributed by atoms with Crippen LogP contribution in [0.5, 0.6) is 0 Å². The first-order valence-electron chi connectivity index (χ1n) is 16.3. The molecule has 0 fully saturated rings. The lowest BCUT2D eigenvalue weighted by Crippen LogP contribution is -2.21. The van der Waals surface area contributed by atoms with Crippen molar-refractivity contribution >= 4 is 38.9 Å². The van der Waals surface area contributed by atoms with E-state index in [-0.39, 0.29) is 5.41 Å². The van der Waals surface area contributed by atoms with Gasteiger partial charge in [0.15, 0.2) is 0 Å². The maximum Gasteiger partial charge on any atom is 0.0542 e. The van der Waals surface area contributed by atoms with E-state index in [9.17, 15) is 0 Å². The van der Waals surface area contributed by atoms with Crippen molar-refractivity contribution in [2.24, 2.45) is 0 Å². The van der Waals surface area contributed by atoms with Gasteiger partial charge in [-0.25, -0.2) is 0 Å². The van der Waals surface area contributed by atoms with E-state index in [1.807, 2.05) is 0 Å². The number of benzene rings is 7. The molecule has 0 aliphatic carbocycles. The van der Waals surface area contributed by atoms with Gasteiger partial charge >= 0.3 is 0 Å². The maximum atomic E-state index is 2.47. The van der Waals surface area contributed by atoms with Gasteiger partial charge in [0, 0.05) is 33.2 Å². The van der Waals surface area contributed by atoms with Gasteiger partial charge in [0.25, 0.3) is 0 Å². The van der Waals surface area contributed by atoms with Crippen LogP contribution in [0.15, 0.2) is 182 Å². The highest BCUT2D eigenvalue weighted by atomic mass is 15.1. The number of hydrogen-bond acceptors (Lipinski definition) is 1. The number of hydrogen-bond donors (Lipinski definition) is 0. The minimum Gasteiger partial charge on any atom is -0.310 e. The van der Waals surface area contributed by atoms with Crippen molar-refractivity contribution in [2.75, 3.05) is 4.90 Å². The molecule has 0 saturated carbocycles. The second kappa shape index (κ2) is 11.8. The summed E-state index contributed by atoms with van der Waals surface area (Å²) >= 11 is 0. The average molecular weight is 605 g/mol. The van der Waals surface area contributed by atoms with Gasteiger partial charge in [0.1, 0.15) is 0 Å². The Kier molecular flexibility index (Phi) is 7.19. The maximum absolute atomic E-state index is 2.47. The normalized spacial score (nSPS) is 11.6. The van der Waals surface area contributed by atoms with Gasteiger partial charge in [-0.15, -0.1) is 0 Å². The Labute approximate surface area is 276 Å². The predicted molar refractivity (Wildman–Crippen MR) is 199 cm³/mol. The molecule has 0 saturated heterocycles. The Morgan fingerprint density at radius 1 is 0.426 bits per heavy atom. The van der Waals surface area contributed by atoms with Crippen LogP contribution in [-0.4, -0.2) is 4.57 Å². The summed E-state index contributed by atoms with van der Waals surface area (Å²) in [5.74, 6) is 0. The molecule has 0 amide bonds. The number of fused-ring (bicyclic) bond motifs is 3. The zero-order valence-corrected chi connectivity index (χ0v) is 26.7. The number of anilines is 3. The number of rotatable bonds is 7. The van der Waals surface area contributed by atoms with Gasteiger partial charge < -0.3 is 9.47 Å². The van der Waals surface area contributed by atoms with E-state index in [1.54, 1.807) is 0 Å². The van der Waals surface area contributed by atoms with E-state index in [4.69, 9.17) is 0 Å². The summed E-state index contributed by atoms with van der Waals surface area (Å²) in [6.45, 7) is 4.66. The van der Waals surface area contributed by atoms with E-state index < -0.39 is 0 Å². The molecule has 0 aliphatic heterocycles. The smallest absolute Gasteiger partial charge is 0.0542 e. The van der Waals surface area contributed by atoms with Crippen LogP contribution in [0.25, 0.3) is 38.6 Å². The van der Waals surface area contributed by atoms with Crippen LogP contribution in [-0.2, 0) is 5.41 Å². The van der Waals surface area contributed by atoms with Gasteiger partial charge in [0.05, 0.1) is 16.7 Å². The quantitative estimate of drug-likeness (QED) is 0.176. The van der Waals surface area contributed by atoms with E-state index in [2.05, 4.69) is 205 Å². The Balaban J connectivity index is 1.41. The third-order valence-electron chi connectivity index (χ3n) is 9.46. The molecule has 0 bridgehead atoms. The molecule has 2 heteroatoms. The van der Waals surface area contributed by atoms with Crippen LogP contribution < -0.4 is 4.90 Å². The van der Waals surface area contributed by atoms with Crippen molar-refractivity contribution in [3.63, 3.8) is 0 Å². The van der Waals surface area contributed by atoms with Crippen molar-refractivity contribution in [3.8, 4) is 16.8 Å². The van der Waals surface area contributed by atoms with E-state index >= 15 is 0 Å². The number of nitrogens with zero attached hydrogens (tertiary/aromatic N) is 2. The highest BCUT2D eigenvalue weighted by Gasteiger charge is 2.28. The molecule has 0 unspecified atom stereocenters. The Morgan fingerprint density at radius 2 is 0.936 bits per heavy atom. The third-order valence-corrected chi connectivity index (χ3v) is 9.46. The van der Waals surface area contributed by atoms with Crippen LogP contribution >= 0.6 is 0 Å². The molecular formula is C45H36N2. The molecule has 1 heterocycles. The van der Waals surface area contributed by atoms with E-state index in [0.29, 0.717) is 0 Å². The number of aromatic nitrogens is 1. The Hall–Kier alpha value is -5.86. The van der Waals surface area contributed by atoms with E-state index in [0.717, 1.165) is 17.1 Å². The molecule has 0 spiro atoms. The first kappa shape index (κ1) is 28.6. The van der Waals surface area contributed by atoms with Crippen LogP contribution in [0.1, 0.15) is 25.0 Å². The van der Waals surface area contributed by atoms with Crippen molar-refractivity contribution in [1.82, 2.24) is 4.57 Å². The van der Waals surface area contributed by atoms with Crippen molar-refractivity contribution in [1.29, 1.82) is 0 Å². The summed E-state index contributed by atoms with van der Waals surface area (Å²) in [5, 5.41) is 2.45. The molecule has 47 heavy (non-hydrogen) atoms.